The van der Waals surface area contributed by atoms with E-state index in [9.17, 15) is 5.11 Å². The number of hydrogen-bond acceptors (Lipinski definition) is 1. The highest BCUT2D eigenvalue weighted by Crippen LogP contribution is 2.17. The van der Waals surface area contributed by atoms with Gasteiger partial charge in [0.1, 0.15) is 0 Å². The Morgan fingerprint density at radius 2 is 2.17 bits per heavy atom. The topological polar surface area (TPSA) is 20.2 Å². The van der Waals surface area contributed by atoms with E-state index in [1.165, 1.54) is 0 Å². The summed E-state index contributed by atoms with van der Waals surface area (Å²) < 4.78 is 0. The number of hydrogen-bond donors (Lipinski definition) is 1. The first-order valence-corrected chi connectivity index (χ1v) is 3.90. The van der Waals surface area contributed by atoms with Crippen LogP contribution < -0.4 is 0 Å². The molecule has 0 amide bonds. The average molecular weight is 160 g/mol. The standard InChI is InChI=1S/C11H12O/c1-4-10-5-6-11(9(3)12)8(2)7-10/h1,5-7,9,12H,2-3H3. The summed E-state index contributed by atoms with van der Waals surface area (Å²) in [4.78, 5) is 0. The van der Waals surface area contributed by atoms with E-state index in [2.05, 4.69) is 5.92 Å². The van der Waals surface area contributed by atoms with E-state index in [0.717, 1.165) is 16.7 Å². The summed E-state index contributed by atoms with van der Waals surface area (Å²) >= 11 is 0. The lowest BCUT2D eigenvalue weighted by atomic mass is 10.0. The van der Waals surface area contributed by atoms with Crippen LogP contribution in [0.2, 0.25) is 0 Å². The zero-order valence-electron chi connectivity index (χ0n) is 7.33. The summed E-state index contributed by atoms with van der Waals surface area (Å²) in [6, 6.07) is 5.62. The second-order valence-electron chi connectivity index (χ2n) is 2.89. The number of aliphatic hydroxyl groups is 1. The van der Waals surface area contributed by atoms with Crippen molar-refractivity contribution >= 4 is 0 Å². The molecule has 0 aliphatic rings. The quantitative estimate of drug-likeness (QED) is 0.623. The number of aryl methyl sites for hydroxylation is 1. The molecule has 1 atom stereocenters. The molecule has 1 N–H and O–H groups in total. The van der Waals surface area contributed by atoms with Gasteiger partial charge in [0.25, 0.3) is 0 Å². The third kappa shape index (κ3) is 1.66. The lowest BCUT2D eigenvalue weighted by Gasteiger charge is -2.08. The molecular formula is C11H12O. The van der Waals surface area contributed by atoms with Crippen LogP contribution in [0.1, 0.15) is 29.7 Å². The number of aliphatic hydroxyl groups excluding tert-OH is 1. The van der Waals surface area contributed by atoms with Gasteiger partial charge in [0.05, 0.1) is 6.10 Å². The van der Waals surface area contributed by atoms with E-state index in [-0.39, 0.29) is 0 Å². The Balaban J connectivity index is 3.14. The van der Waals surface area contributed by atoms with Crippen molar-refractivity contribution in [2.45, 2.75) is 20.0 Å². The van der Waals surface area contributed by atoms with Gasteiger partial charge in [0.2, 0.25) is 0 Å². The number of benzene rings is 1. The van der Waals surface area contributed by atoms with Gasteiger partial charge in [-0.3, -0.25) is 0 Å². The van der Waals surface area contributed by atoms with Gasteiger partial charge >= 0.3 is 0 Å². The van der Waals surface area contributed by atoms with Crippen LogP contribution >= 0.6 is 0 Å². The third-order valence-electron chi connectivity index (χ3n) is 1.89. The van der Waals surface area contributed by atoms with E-state index >= 15 is 0 Å². The SMILES string of the molecule is C#Cc1ccc(C(C)O)c(C)c1. The Morgan fingerprint density at radius 3 is 2.58 bits per heavy atom. The molecule has 0 heterocycles. The normalized spacial score (nSPS) is 12.2. The third-order valence-corrected chi connectivity index (χ3v) is 1.89. The Bertz CT molecular complexity index is 318. The van der Waals surface area contributed by atoms with Gasteiger partial charge in [-0.25, -0.2) is 0 Å². The molecule has 1 aromatic rings. The molecule has 12 heavy (non-hydrogen) atoms. The maximum absolute atomic E-state index is 9.32. The predicted molar refractivity (Wildman–Crippen MR) is 49.7 cm³/mol. The zero-order chi connectivity index (χ0) is 9.14. The highest BCUT2D eigenvalue weighted by molar-refractivity contribution is 5.39. The van der Waals surface area contributed by atoms with Crippen LogP contribution in [0.5, 0.6) is 0 Å². The Labute approximate surface area is 73.0 Å². The summed E-state index contributed by atoms with van der Waals surface area (Å²) in [5.74, 6) is 2.55. The fourth-order valence-electron chi connectivity index (χ4n) is 1.23. The van der Waals surface area contributed by atoms with Crippen molar-refractivity contribution < 1.29 is 5.11 Å². The Hall–Kier alpha value is -1.26. The minimum atomic E-state index is -0.420. The first-order chi connectivity index (χ1) is 5.65. The second kappa shape index (κ2) is 3.42. The van der Waals surface area contributed by atoms with Crippen molar-refractivity contribution in [1.29, 1.82) is 0 Å². The van der Waals surface area contributed by atoms with Gasteiger partial charge in [0, 0.05) is 5.56 Å². The minimum Gasteiger partial charge on any atom is -0.389 e. The molecular weight excluding hydrogens is 148 g/mol. The maximum atomic E-state index is 9.32. The molecule has 1 rings (SSSR count). The zero-order valence-corrected chi connectivity index (χ0v) is 7.33. The van der Waals surface area contributed by atoms with Crippen molar-refractivity contribution in [3.8, 4) is 12.3 Å². The molecule has 0 saturated heterocycles. The van der Waals surface area contributed by atoms with Crippen molar-refractivity contribution in [3.63, 3.8) is 0 Å². The van der Waals surface area contributed by atoms with Crippen molar-refractivity contribution in [1.82, 2.24) is 0 Å². The van der Waals surface area contributed by atoms with Gasteiger partial charge in [-0.1, -0.05) is 12.0 Å². The van der Waals surface area contributed by atoms with Gasteiger partial charge in [-0.15, -0.1) is 6.42 Å². The smallest absolute Gasteiger partial charge is 0.0764 e. The molecule has 0 bridgehead atoms. The average Bonchev–Trinajstić information content (AvgIpc) is 2.03. The first kappa shape index (κ1) is 8.83. The molecule has 1 aromatic carbocycles. The van der Waals surface area contributed by atoms with E-state index in [1.54, 1.807) is 6.92 Å². The molecule has 0 aromatic heterocycles. The monoisotopic (exact) mass is 160 g/mol. The van der Waals surface area contributed by atoms with Crippen molar-refractivity contribution in [2.24, 2.45) is 0 Å². The van der Waals surface area contributed by atoms with E-state index < -0.39 is 6.10 Å². The van der Waals surface area contributed by atoms with Gasteiger partial charge in [0.15, 0.2) is 0 Å². The lowest BCUT2D eigenvalue weighted by Crippen LogP contribution is -1.94. The molecule has 0 spiro atoms. The summed E-state index contributed by atoms with van der Waals surface area (Å²) in [6.07, 6.45) is 4.81. The van der Waals surface area contributed by atoms with Crippen LogP contribution in [-0.4, -0.2) is 5.11 Å². The molecule has 62 valence electrons. The largest absolute Gasteiger partial charge is 0.389 e. The summed E-state index contributed by atoms with van der Waals surface area (Å²) in [5, 5.41) is 9.32. The highest BCUT2D eigenvalue weighted by atomic mass is 16.3. The van der Waals surface area contributed by atoms with Crippen LogP contribution in [-0.2, 0) is 0 Å². The molecule has 0 aliphatic carbocycles. The van der Waals surface area contributed by atoms with Crippen LogP contribution in [0.4, 0.5) is 0 Å². The van der Waals surface area contributed by atoms with Gasteiger partial charge in [-0.2, -0.15) is 0 Å². The van der Waals surface area contributed by atoms with E-state index in [4.69, 9.17) is 6.42 Å². The van der Waals surface area contributed by atoms with Crippen LogP contribution in [0.15, 0.2) is 18.2 Å². The molecule has 0 fully saturated rings. The number of terminal acetylenes is 1. The highest BCUT2D eigenvalue weighted by Gasteiger charge is 2.03. The lowest BCUT2D eigenvalue weighted by molar-refractivity contribution is 0.198. The molecule has 0 radical (unpaired) electrons. The first-order valence-electron chi connectivity index (χ1n) is 3.90. The van der Waals surface area contributed by atoms with Crippen molar-refractivity contribution in [2.75, 3.05) is 0 Å². The van der Waals surface area contributed by atoms with Crippen LogP contribution in [0.25, 0.3) is 0 Å². The maximum Gasteiger partial charge on any atom is 0.0764 e. The van der Waals surface area contributed by atoms with E-state index in [1.807, 2.05) is 25.1 Å². The van der Waals surface area contributed by atoms with Crippen molar-refractivity contribution in [3.05, 3.63) is 34.9 Å². The molecule has 0 aliphatic heterocycles. The molecule has 0 saturated carbocycles. The number of rotatable bonds is 1. The molecule has 1 nitrogen and oxygen atoms in total. The molecule has 1 unspecified atom stereocenters. The molecule has 1 heteroatoms. The summed E-state index contributed by atoms with van der Waals surface area (Å²) in [7, 11) is 0. The predicted octanol–water partition coefficient (Wildman–Crippen LogP) is 2.03. The minimum absolute atomic E-state index is 0.420. The Kier molecular flexibility index (Phi) is 2.52. The second-order valence-corrected chi connectivity index (χ2v) is 2.89. The van der Waals surface area contributed by atoms with Crippen LogP contribution in [0, 0.1) is 19.3 Å². The van der Waals surface area contributed by atoms with E-state index in [0.29, 0.717) is 0 Å². The van der Waals surface area contributed by atoms with Crippen LogP contribution in [0.3, 0.4) is 0 Å². The summed E-state index contributed by atoms with van der Waals surface area (Å²) in [5.41, 5.74) is 2.84. The fraction of sp³-hybridized carbons (Fsp3) is 0.273. The Morgan fingerprint density at radius 1 is 1.50 bits per heavy atom. The summed E-state index contributed by atoms with van der Waals surface area (Å²) in [6.45, 7) is 3.70. The van der Waals surface area contributed by atoms with Gasteiger partial charge < -0.3 is 5.11 Å². The fourth-order valence-corrected chi connectivity index (χ4v) is 1.23. The van der Waals surface area contributed by atoms with Gasteiger partial charge in [-0.05, 0) is 37.1 Å².